The van der Waals surface area contributed by atoms with Crippen molar-refractivity contribution in [2.45, 2.75) is 38.5 Å². The van der Waals surface area contributed by atoms with Gasteiger partial charge in [0.25, 0.3) is 0 Å². The highest BCUT2D eigenvalue weighted by Crippen LogP contribution is 2.32. The zero-order chi connectivity index (χ0) is 13.5. The molecule has 1 aromatic carbocycles. The van der Waals surface area contributed by atoms with Crippen LogP contribution in [0.1, 0.15) is 33.6 Å². The van der Waals surface area contributed by atoms with E-state index in [9.17, 15) is 4.39 Å². The summed E-state index contributed by atoms with van der Waals surface area (Å²) in [6.07, 6.45) is 1.98. The lowest BCUT2D eigenvalue weighted by Crippen LogP contribution is -2.00. The van der Waals surface area contributed by atoms with Crippen LogP contribution in [0.3, 0.4) is 0 Å². The Balaban J connectivity index is 2.71. The largest absolute Gasteiger partial charge is 0.490 e. The van der Waals surface area contributed by atoms with Crippen molar-refractivity contribution in [3.05, 3.63) is 17.9 Å². The number of ether oxygens (including phenoxy) is 1. The summed E-state index contributed by atoms with van der Waals surface area (Å²) in [4.78, 5) is 0.906. The molecule has 0 aliphatic rings. The number of benzene rings is 1. The van der Waals surface area contributed by atoms with E-state index in [1.807, 2.05) is 6.92 Å². The molecule has 0 heterocycles. The molecule has 0 saturated heterocycles. The summed E-state index contributed by atoms with van der Waals surface area (Å²) in [5.41, 5.74) is 6.31. The Kier molecular flexibility index (Phi) is 6.33. The Morgan fingerprint density at radius 3 is 2.72 bits per heavy atom. The van der Waals surface area contributed by atoms with Crippen LogP contribution in [0.2, 0.25) is 0 Å². The van der Waals surface area contributed by atoms with Crippen molar-refractivity contribution in [1.29, 1.82) is 0 Å². The lowest BCUT2D eigenvalue weighted by Gasteiger charge is -2.11. The van der Waals surface area contributed by atoms with Crippen molar-refractivity contribution in [3.8, 4) is 5.75 Å². The molecule has 0 aliphatic carbocycles. The number of rotatable bonds is 7. The van der Waals surface area contributed by atoms with Crippen LogP contribution in [-0.2, 0) is 0 Å². The minimum Gasteiger partial charge on any atom is -0.490 e. The van der Waals surface area contributed by atoms with Crippen molar-refractivity contribution in [2.24, 2.45) is 5.92 Å². The summed E-state index contributed by atoms with van der Waals surface area (Å²) in [5.74, 6) is 1.57. The molecule has 18 heavy (non-hydrogen) atoms. The van der Waals surface area contributed by atoms with Crippen LogP contribution in [0.15, 0.2) is 17.0 Å². The smallest absolute Gasteiger partial charge is 0.167 e. The molecule has 1 aromatic rings. The summed E-state index contributed by atoms with van der Waals surface area (Å²) in [5, 5.41) is 0. The van der Waals surface area contributed by atoms with E-state index in [4.69, 9.17) is 10.5 Å². The van der Waals surface area contributed by atoms with Gasteiger partial charge in [0.15, 0.2) is 11.6 Å². The molecule has 0 aliphatic heterocycles. The average Bonchev–Trinajstić information content (AvgIpc) is 2.30. The zero-order valence-electron chi connectivity index (χ0n) is 11.3. The second-order valence-corrected chi connectivity index (χ2v) is 5.84. The van der Waals surface area contributed by atoms with Gasteiger partial charge in [-0.05, 0) is 30.6 Å². The quantitative estimate of drug-likeness (QED) is 0.592. The standard InChI is InChI=1S/C14H22FNOS/c1-4-6-17-13-9-14(12(16)8-11(13)15)18-7-5-10(2)3/h8-10H,4-7,16H2,1-3H3. The van der Waals surface area contributed by atoms with Crippen molar-refractivity contribution in [1.82, 2.24) is 0 Å². The van der Waals surface area contributed by atoms with Crippen LogP contribution in [0.25, 0.3) is 0 Å². The first-order chi connectivity index (χ1) is 8.54. The van der Waals surface area contributed by atoms with Gasteiger partial charge in [0.2, 0.25) is 0 Å². The van der Waals surface area contributed by atoms with Gasteiger partial charge >= 0.3 is 0 Å². The SMILES string of the molecule is CCCOc1cc(SCCC(C)C)c(N)cc1F. The first kappa shape index (κ1) is 15.2. The Bertz CT molecular complexity index is 382. The van der Waals surface area contributed by atoms with E-state index < -0.39 is 0 Å². The molecule has 0 radical (unpaired) electrons. The normalized spacial score (nSPS) is 10.9. The molecule has 0 fully saturated rings. The van der Waals surface area contributed by atoms with Crippen molar-refractivity contribution in [2.75, 3.05) is 18.1 Å². The molecule has 102 valence electrons. The number of anilines is 1. The Hall–Kier alpha value is -0.900. The topological polar surface area (TPSA) is 35.2 Å². The summed E-state index contributed by atoms with van der Waals surface area (Å²) >= 11 is 1.66. The van der Waals surface area contributed by atoms with Gasteiger partial charge in [0.1, 0.15) is 0 Å². The fourth-order valence-corrected chi connectivity index (χ4v) is 2.63. The van der Waals surface area contributed by atoms with Crippen molar-refractivity contribution in [3.63, 3.8) is 0 Å². The first-order valence-electron chi connectivity index (χ1n) is 6.39. The zero-order valence-corrected chi connectivity index (χ0v) is 12.1. The predicted molar refractivity (Wildman–Crippen MR) is 76.8 cm³/mol. The third-order valence-electron chi connectivity index (χ3n) is 2.48. The molecule has 1 rings (SSSR count). The third kappa shape index (κ3) is 4.77. The summed E-state index contributed by atoms with van der Waals surface area (Å²) in [7, 11) is 0. The monoisotopic (exact) mass is 271 g/mol. The lowest BCUT2D eigenvalue weighted by atomic mass is 10.2. The minimum atomic E-state index is -0.380. The van der Waals surface area contributed by atoms with Crippen molar-refractivity contribution < 1.29 is 9.13 Å². The van der Waals surface area contributed by atoms with Crippen LogP contribution < -0.4 is 10.5 Å². The number of hydrogen-bond acceptors (Lipinski definition) is 3. The molecule has 0 aromatic heterocycles. The number of thioether (sulfide) groups is 1. The van der Waals surface area contributed by atoms with Gasteiger partial charge < -0.3 is 10.5 Å². The maximum Gasteiger partial charge on any atom is 0.167 e. The molecular weight excluding hydrogens is 249 g/mol. The van der Waals surface area contributed by atoms with E-state index >= 15 is 0 Å². The number of nitrogen functional groups attached to an aromatic ring is 1. The van der Waals surface area contributed by atoms with Gasteiger partial charge in [-0.25, -0.2) is 4.39 Å². The van der Waals surface area contributed by atoms with Crippen LogP contribution in [0.4, 0.5) is 10.1 Å². The van der Waals surface area contributed by atoms with Gasteiger partial charge in [-0.1, -0.05) is 20.8 Å². The Labute approximate surface area is 113 Å². The first-order valence-corrected chi connectivity index (χ1v) is 7.37. The molecule has 4 heteroatoms. The second-order valence-electron chi connectivity index (χ2n) is 4.70. The molecule has 0 spiro atoms. The molecule has 0 amide bonds. The average molecular weight is 271 g/mol. The fraction of sp³-hybridized carbons (Fsp3) is 0.571. The molecule has 0 bridgehead atoms. The highest BCUT2D eigenvalue weighted by Gasteiger charge is 2.09. The lowest BCUT2D eigenvalue weighted by molar-refractivity contribution is 0.300. The fourth-order valence-electron chi connectivity index (χ4n) is 1.40. The number of hydrogen-bond donors (Lipinski definition) is 1. The van der Waals surface area contributed by atoms with Crippen LogP contribution >= 0.6 is 11.8 Å². The summed E-state index contributed by atoms with van der Waals surface area (Å²) < 4.78 is 19.0. The number of nitrogens with two attached hydrogens (primary N) is 1. The molecule has 0 saturated carbocycles. The van der Waals surface area contributed by atoms with Crippen LogP contribution in [-0.4, -0.2) is 12.4 Å². The highest BCUT2D eigenvalue weighted by molar-refractivity contribution is 7.99. The maximum absolute atomic E-state index is 13.6. The minimum absolute atomic E-state index is 0.304. The van der Waals surface area contributed by atoms with E-state index in [0.29, 0.717) is 24.0 Å². The summed E-state index contributed by atoms with van der Waals surface area (Å²) in [6.45, 7) is 6.89. The summed E-state index contributed by atoms with van der Waals surface area (Å²) in [6, 6.07) is 3.06. The predicted octanol–water partition coefficient (Wildman–Crippen LogP) is 4.33. The molecule has 2 N–H and O–H groups in total. The third-order valence-corrected chi connectivity index (χ3v) is 3.58. The van der Waals surface area contributed by atoms with E-state index in [1.165, 1.54) is 6.07 Å². The van der Waals surface area contributed by atoms with Gasteiger partial charge in [0, 0.05) is 16.6 Å². The molecule has 2 nitrogen and oxygen atoms in total. The van der Waals surface area contributed by atoms with E-state index in [2.05, 4.69) is 13.8 Å². The van der Waals surface area contributed by atoms with Crippen LogP contribution in [0.5, 0.6) is 5.75 Å². The van der Waals surface area contributed by atoms with Crippen LogP contribution in [0, 0.1) is 11.7 Å². The van der Waals surface area contributed by atoms with E-state index in [-0.39, 0.29) is 5.82 Å². The molecule has 0 unspecified atom stereocenters. The molecule has 0 atom stereocenters. The Morgan fingerprint density at radius 2 is 2.11 bits per heavy atom. The highest BCUT2D eigenvalue weighted by atomic mass is 32.2. The van der Waals surface area contributed by atoms with Gasteiger partial charge in [-0.15, -0.1) is 11.8 Å². The molecular formula is C14H22FNOS. The number of halogens is 1. The maximum atomic E-state index is 13.6. The van der Waals surface area contributed by atoms with Gasteiger partial charge in [-0.3, -0.25) is 0 Å². The van der Waals surface area contributed by atoms with Gasteiger partial charge in [-0.2, -0.15) is 0 Å². The Morgan fingerprint density at radius 1 is 1.39 bits per heavy atom. The van der Waals surface area contributed by atoms with Crippen molar-refractivity contribution >= 4 is 17.4 Å². The second kappa shape index (κ2) is 7.52. The van der Waals surface area contributed by atoms with Gasteiger partial charge in [0.05, 0.1) is 6.61 Å². The van der Waals surface area contributed by atoms with E-state index in [1.54, 1.807) is 17.8 Å². The van der Waals surface area contributed by atoms with E-state index in [0.717, 1.165) is 23.5 Å².